The van der Waals surface area contributed by atoms with Gasteiger partial charge >= 0.3 is 0 Å². The van der Waals surface area contributed by atoms with Gasteiger partial charge in [-0.3, -0.25) is 4.79 Å². The number of amides is 1. The Bertz CT molecular complexity index is 721. The number of hydrogen-bond donors (Lipinski definition) is 1. The van der Waals surface area contributed by atoms with Crippen LogP contribution < -0.4 is 9.62 Å². The molecule has 0 saturated heterocycles. The van der Waals surface area contributed by atoms with Crippen molar-refractivity contribution in [2.75, 3.05) is 11.4 Å². The molecule has 1 amide bonds. The summed E-state index contributed by atoms with van der Waals surface area (Å²) in [5.41, 5.74) is 1.44. The van der Waals surface area contributed by atoms with Crippen LogP contribution in [0.1, 0.15) is 47.1 Å². The second-order valence-electron chi connectivity index (χ2n) is 7.42. The van der Waals surface area contributed by atoms with Crippen molar-refractivity contribution in [2.45, 2.75) is 57.9 Å². The fraction of sp³-hybridized carbons (Fsp3) is 0.588. The zero-order chi connectivity index (χ0) is 17.6. The molecule has 0 bridgehead atoms. The minimum absolute atomic E-state index is 0.0627. The number of carbonyl (C=O) groups is 1. The number of benzene rings is 1. The van der Waals surface area contributed by atoms with Crippen molar-refractivity contribution < 1.29 is 13.2 Å². The first-order chi connectivity index (χ1) is 10.5. The van der Waals surface area contributed by atoms with E-state index in [4.69, 9.17) is 0 Å². The molecule has 0 fully saturated rings. The Morgan fingerprint density at radius 1 is 1.22 bits per heavy atom. The van der Waals surface area contributed by atoms with Crippen LogP contribution in [0.2, 0.25) is 0 Å². The van der Waals surface area contributed by atoms with Crippen molar-refractivity contribution >= 4 is 21.6 Å². The lowest BCUT2D eigenvalue weighted by Crippen LogP contribution is -2.36. The summed E-state index contributed by atoms with van der Waals surface area (Å²) in [6, 6.07) is 4.86. The molecule has 0 saturated carbocycles. The average molecular weight is 338 g/mol. The number of nitrogens with one attached hydrogen (secondary N) is 1. The van der Waals surface area contributed by atoms with Crippen LogP contribution in [0.4, 0.5) is 5.69 Å². The summed E-state index contributed by atoms with van der Waals surface area (Å²) in [7, 11) is -3.54. The first-order valence-corrected chi connectivity index (χ1v) is 9.42. The van der Waals surface area contributed by atoms with Crippen LogP contribution in [0.5, 0.6) is 0 Å². The lowest BCUT2D eigenvalue weighted by molar-refractivity contribution is -0.121. The predicted octanol–water partition coefficient (Wildman–Crippen LogP) is 2.65. The number of sulfonamides is 1. The van der Waals surface area contributed by atoms with Gasteiger partial charge in [0.15, 0.2) is 0 Å². The second kappa shape index (κ2) is 5.91. The molecule has 128 valence electrons. The highest BCUT2D eigenvalue weighted by atomic mass is 32.2. The Balaban J connectivity index is 2.50. The van der Waals surface area contributed by atoms with Crippen LogP contribution in [0, 0.1) is 5.92 Å². The maximum atomic E-state index is 12.4. The van der Waals surface area contributed by atoms with Crippen LogP contribution >= 0.6 is 0 Å². The molecule has 0 aromatic heterocycles. The summed E-state index contributed by atoms with van der Waals surface area (Å²) in [5, 5.41) is 0. The number of anilines is 1. The van der Waals surface area contributed by atoms with E-state index in [1.165, 1.54) is 0 Å². The van der Waals surface area contributed by atoms with Crippen LogP contribution in [-0.2, 0) is 20.2 Å². The van der Waals surface area contributed by atoms with E-state index in [-0.39, 0.29) is 28.2 Å². The number of rotatable bonds is 4. The van der Waals surface area contributed by atoms with E-state index in [9.17, 15) is 13.2 Å². The van der Waals surface area contributed by atoms with Gasteiger partial charge in [-0.1, -0.05) is 27.7 Å². The molecule has 0 spiro atoms. The Kier molecular flexibility index (Phi) is 4.61. The fourth-order valence-electron chi connectivity index (χ4n) is 2.91. The van der Waals surface area contributed by atoms with Crippen LogP contribution in [0.3, 0.4) is 0 Å². The molecule has 1 aliphatic rings. The third-order valence-electron chi connectivity index (χ3n) is 4.00. The van der Waals surface area contributed by atoms with Crippen molar-refractivity contribution in [2.24, 2.45) is 5.92 Å². The molecule has 1 aromatic carbocycles. The normalized spacial score (nSPS) is 17.0. The van der Waals surface area contributed by atoms with E-state index >= 15 is 0 Å². The van der Waals surface area contributed by atoms with E-state index in [0.29, 0.717) is 6.54 Å². The zero-order valence-electron chi connectivity index (χ0n) is 14.7. The monoisotopic (exact) mass is 338 g/mol. The minimum atomic E-state index is -3.54. The van der Waals surface area contributed by atoms with Crippen molar-refractivity contribution in [3.63, 3.8) is 0 Å². The van der Waals surface area contributed by atoms with E-state index in [1.807, 2.05) is 27.7 Å². The van der Waals surface area contributed by atoms with Gasteiger partial charge in [0.25, 0.3) is 0 Å². The lowest BCUT2D eigenvalue weighted by atomic mass is 9.87. The Morgan fingerprint density at radius 3 is 2.35 bits per heavy atom. The summed E-state index contributed by atoms with van der Waals surface area (Å²) in [5.74, 6) is -0.0319. The Hall–Kier alpha value is -1.40. The number of fused-ring (bicyclic) bond motifs is 1. The van der Waals surface area contributed by atoms with Gasteiger partial charge in [-0.2, -0.15) is 0 Å². The highest BCUT2D eigenvalue weighted by molar-refractivity contribution is 7.89. The third kappa shape index (κ3) is 3.43. The summed E-state index contributed by atoms with van der Waals surface area (Å²) < 4.78 is 27.4. The molecule has 0 aliphatic carbocycles. The Morgan fingerprint density at radius 2 is 1.83 bits per heavy atom. The smallest absolute Gasteiger partial charge is 0.240 e. The number of nitrogens with zero attached hydrogens (tertiary/aromatic N) is 1. The van der Waals surface area contributed by atoms with Gasteiger partial charge in [0.05, 0.1) is 4.90 Å². The topological polar surface area (TPSA) is 66.5 Å². The highest BCUT2D eigenvalue weighted by Gasteiger charge is 2.39. The first kappa shape index (κ1) is 17.9. The molecule has 5 nitrogen and oxygen atoms in total. The minimum Gasteiger partial charge on any atom is -0.311 e. The fourth-order valence-corrected chi connectivity index (χ4v) is 4.19. The first-order valence-electron chi connectivity index (χ1n) is 7.94. The molecular formula is C17H26N2O3S. The largest absolute Gasteiger partial charge is 0.311 e. The van der Waals surface area contributed by atoms with Gasteiger partial charge in [-0.05, 0) is 37.6 Å². The van der Waals surface area contributed by atoms with E-state index in [0.717, 1.165) is 11.3 Å². The van der Waals surface area contributed by atoms with Gasteiger partial charge in [-0.15, -0.1) is 0 Å². The molecule has 0 radical (unpaired) electrons. The maximum absolute atomic E-state index is 12.4. The van der Waals surface area contributed by atoms with E-state index < -0.39 is 10.0 Å². The van der Waals surface area contributed by atoms with E-state index in [1.54, 1.807) is 36.9 Å². The SMILES string of the molecule is CC(C)NS(=O)(=O)c1ccc2c(c1)C(C)(C)CN2C(=O)C(C)C. The molecule has 23 heavy (non-hydrogen) atoms. The number of carbonyl (C=O) groups excluding carboxylic acids is 1. The molecule has 1 aromatic rings. The average Bonchev–Trinajstić information content (AvgIpc) is 2.68. The van der Waals surface area contributed by atoms with Crippen molar-refractivity contribution in [1.82, 2.24) is 4.72 Å². The number of hydrogen-bond acceptors (Lipinski definition) is 3. The standard InChI is InChI=1S/C17H26N2O3S/c1-11(2)16(20)19-10-17(5,6)14-9-13(7-8-15(14)19)23(21,22)18-12(3)4/h7-9,11-12,18H,10H2,1-6H3. The summed E-state index contributed by atoms with van der Waals surface area (Å²) in [4.78, 5) is 14.4. The van der Waals surface area contributed by atoms with E-state index in [2.05, 4.69) is 4.72 Å². The van der Waals surface area contributed by atoms with Crippen LogP contribution in [0.25, 0.3) is 0 Å². The predicted molar refractivity (Wildman–Crippen MR) is 92.1 cm³/mol. The quantitative estimate of drug-likeness (QED) is 0.918. The third-order valence-corrected chi connectivity index (χ3v) is 5.66. The van der Waals surface area contributed by atoms with Gasteiger partial charge < -0.3 is 4.90 Å². The Labute approximate surface area is 139 Å². The van der Waals surface area contributed by atoms with Gasteiger partial charge in [0, 0.05) is 29.6 Å². The summed E-state index contributed by atoms with van der Waals surface area (Å²) >= 11 is 0. The molecule has 0 unspecified atom stereocenters. The van der Waals surface area contributed by atoms with Crippen molar-refractivity contribution in [3.8, 4) is 0 Å². The summed E-state index contributed by atoms with van der Waals surface area (Å²) in [6.45, 7) is 12.0. The molecule has 1 aliphatic heterocycles. The highest BCUT2D eigenvalue weighted by Crippen LogP contribution is 2.42. The van der Waals surface area contributed by atoms with Gasteiger partial charge in [0.1, 0.15) is 0 Å². The molecule has 1 N–H and O–H groups in total. The molecule has 2 rings (SSSR count). The molecular weight excluding hydrogens is 312 g/mol. The second-order valence-corrected chi connectivity index (χ2v) is 9.13. The maximum Gasteiger partial charge on any atom is 0.240 e. The lowest BCUT2D eigenvalue weighted by Gasteiger charge is -2.22. The molecule has 6 heteroatoms. The van der Waals surface area contributed by atoms with Gasteiger partial charge in [0.2, 0.25) is 15.9 Å². The zero-order valence-corrected chi connectivity index (χ0v) is 15.5. The summed E-state index contributed by atoms with van der Waals surface area (Å²) in [6.07, 6.45) is 0. The van der Waals surface area contributed by atoms with Crippen LogP contribution in [-0.4, -0.2) is 26.9 Å². The molecule has 1 heterocycles. The van der Waals surface area contributed by atoms with Crippen molar-refractivity contribution in [1.29, 1.82) is 0 Å². The van der Waals surface area contributed by atoms with Crippen molar-refractivity contribution in [3.05, 3.63) is 23.8 Å². The van der Waals surface area contributed by atoms with Gasteiger partial charge in [-0.25, -0.2) is 13.1 Å². The van der Waals surface area contributed by atoms with Crippen LogP contribution in [0.15, 0.2) is 23.1 Å². The molecule has 0 atom stereocenters.